The van der Waals surface area contributed by atoms with E-state index in [1.54, 1.807) is 17.4 Å². The summed E-state index contributed by atoms with van der Waals surface area (Å²) in [6.45, 7) is 0. The molecular formula is C11H6O2S. The van der Waals surface area contributed by atoms with Gasteiger partial charge in [0, 0.05) is 5.39 Å². The average molecular weight is 202 g/mol. The van der Waals surface area contributed by atoms with Gasteiger partial charge in [0.15, 0.2) is 0 Å². The SMILES string of the molecule is O=c1oc2ccsc2c2ccccc12. The summed E-state index contributed by atoms with van der Waals surface area (Å²) < 4.78 is 6.21. The molecule has 0 bridgehead atoms. The summed E-state index contributed by atoms with van der Waals surface area (Å²) in [5, 5.41) is 3.57. The van der Waals surface area contributed by atoms with Crippen LogP contribution in [0.3, 0.4) is 0 Å². The average Bonchev–Trinajstić information content (AvgIpc) is 2.66. The van der Waals surface area contributed by atoms with Gasteiger partial charge >= 0.3 is 5.63 Å². The van der Waals surface area contributed by atoms with E-state index >= 15 is 0 Å². The van der Waals surface area contributed by atoms with Crippen molar-refractivity contribution in [1.29, 1.82) is 0 Å². The highest BCUT2D eigenvalue weighted by Crippen LogP contribution is 2.26. The van der Waals surface area contributed by atoms with Crippen molar-refractivity contribution in [3.05, 3.63) is 46.1 Å². The molecule has 2 aromatic heterocycles. The van der Waals surface area contributed by atoms with Crippen LogP contribution in [-0.2, 0) is 0 Å². The fourth-order valence-corrected chi connectivity index (χ4v) is 2.45. The highest BCUT2D eigenvalue weighted by molar-refractivity contribution is 7.18. The molecule has 0 spiro atoms. The third kappa shape index (κ3) is 0.930. The van der Waals surface area contributed by atoms with Gasteiger partial charge in [-0.3, -0.25) is 0 Å². The molecule has 3 heteroatoms. The molecule has 0 aliphatic heterocycles. The second kappa shape index (κ2) is 2.69. The van der Waals surface area contributed by atoms with Crippen LogP contribution in [0.25, 0.3) is 21.1 Å². The van der Waals surface area contributed by atoms with Crippen LogP contribution in [0.4, 0.5) is 0 Å². The maximum Gasteiger partial charge on any atom is 0.344 e. The van der Waals surface area contributed by atoms with Crippen LogP contribution < -0.4 is 5.63 Å². The second-order valence-electron chi connectivity index (χ2n) is 3.05. The Labute approximate surface area is 83.4 Å². The first kappa shape index (κ1) is 7.76. The van der Waals surface area contributed by atoms with Crippen LogP contribution in [-0.4, -0.2) is 0 Å². The molecule has 0 aliphatic carbocycles. The molecule has 0 aliphatic rings. The van der Waals surface area contributed by atoms with E-state index in [4.69, 9.17) is 4.42 Å². The Morgan fingerprint density at radius 3 is 2.71 bits per heavy atom. The first-order valence-electron chi connectivity index (χ1n) is 4.25. The molecule has 0 atom stereocenters. The van der Waals surface area contributed by atoms with Crippen molar-refractivity contribution in [1.82, 2.24) is 0 Å². The minimum atomic E-state index is -0.258. The van der Waals surface area contributed by atoms with Crippen molar-refractivity contribution < 1.29 is 4.42 Å². The number of fused-ring (bicyclic) bond motifs is 3. The molecule has 0 N–H and O–H groups in total. The van der Waals surface area contributed by atoms with Gasteiger partial charge in [-0.05, 0) is 17.5 Å². The normalized spacial score (nSPS) is 11.1. The van der Waals surface area contributed by atoms with Gasteiger partial charge in [-0.2, -0.15) is 0 Å². The van der Waals surface area contributed by atoms with E-state index in [-0.39, 0.29) is 5.63 Å². The first-order valence-corrected chi connectivity index (χ1v) is 5.13. The van der Waals surface area contributed by atoms with Gasteiger partial charge in [0.2, 0.25) is 0 Å². The predicted octanol–water partition coefficient (Wildman–Crippen LogP) is 3.01. The fraction of sp³-hybridized carbons (Fsp3) is 0. The van der Waals surface area contributed by atoms with Crippen LogP contribution in [0.15, 0.2) is 44.9 Å². The standard InChI is InChI=1S/C11H6O2S/c12-11-8-4-2-1-3-7(8)10-9(13-11)5-6-14-10/h1-6H. The van der Waals surface area contributed by atoms with Gasteiger partial charge in [0.25, 0.3) is 0 Å². The third-order valence-electron chi connectivity index (χ3n) is 2.22. The van der Waals surface area contributed by atoms with Crippen LogP contribution in [0.5, 0.6) is 0 Å². The predicted molar refractivity (Wildman–Crippen MR) is 57.9 cm³/mol. The van der Waals surface area contributed by atoms with Crippen molar-refractivity contribution in [2.45, 2.75) is 0 Å². The van der Waals surface area contributed by atoms with E-state index in [0.29, 0.717) is 11.0 Å². The zero-order valence-corrected chi connectivity index (χ0v) is 8.01. The molecule has 3 aromatic rings. The number of rotatable bonds is 0. The van der Waals surface area contributed by atoms with E-state index in [9.17, 15) is 4.79 Å². The molecule has 0 saturated heterocycles. The Bertz CT molecular complexity index is 663. The van der Waals surface area contributed by atoms with E-state index in [1.807, 2.05) is 29.6 Å². The molecule has 68 valence electrons. The van der Waals surface area contributed by atoms with Gasteiger partial charge in [0.05, 0.1) is 10.1 Å². The van der Waals surface area contributed by atoms with Crippen LogP contribution in [0, 0.1) is 0 Å². The molecular weight excluding hydrogens is 196 g/mol. The van der Waals surface area contributed by atoms with Crippen LogP contribution >= 0.6 is 11.3 Å². The zero-order chi connectivity index (χ0) is 9.54. The van der Waals surface area contributed by atoms with Gasteiger partial charge in [-0.15, -0.1) is 11.3 Å². The maximum absolute atomic E-state index is 11.5. The number of hydrogen-bond donors (Lipinski definition) is 0. The van der Waals surface area contributed by atoms with Gasteiger partial charge in [0.1, 0.15) is 5.58 Å². The Kier molecular flexibility index (Phi) is 1.49. The Morgan fingerprint density at radius 2 is 1.86 bits per heavy atom. The number of hydrogen-bond acceptors (Lipinski definition) is 3. The molecule has 0 saturated carbocycles. The molecule has 0 unspecified atom stereocenters. The number of thiophene rings is 1. The Morgan fingerprint density at radius 1 is 1.07 bits per heavy atom. The van der Waals surface area contributed by atoms with Gasteiger partial charge in [-0.1, -0.05) is 18.2 Å². The maximum atomic E-state index is 11.5. The summed E-state index contributed by atoms with van der Waals surface area (Å²) >= 11 is 1.59. The largest absolute Gasteiger partial charge is 0.421 e. The lowest BCUT2D eigenvalue weighted by molar-refractivity contribution is 0.571. The van der Waals surface area contributed by atoms with E-state index in [0.717, 1.165) is 10.1 Å². The fourth-order valence-electron chi connectivity index (χ4n) is 1.59. The monoisotopic (exact) mass is 202 g/mol. The molecule has 3 rings (SSSR count). The first-order chi connectivity index (χ1) is 6.86. The topological polar surface area (TPSA) is 30.2 Å². The van der Waals surface area contributed by atoms with Gasteiger partial charge < -0.3 is 4.42 Å². The molecule has 0 radical (unpaired) electrons. The minimum Gasteiger partial charge on any atom is -0.421 e. The van der Waals surface area contributed by atoms with Crippen molar-refractivity contribution in [3.8, 4) is 0 Å². The van der Waals surface area contributed by atoms with E-state index < -0.39 is 0 Å². The zero-order valence-electron chi connectivity index (χ0n) is 7.19. The summed E-state index contributed by atoms with van der Waals surface area (Å²) in [5.74, 6) is 0. The highest BCUT2D eigenvalue weighted by Gasteiger charge is 2.06. The lowest BCUT2D eigenvalue weighted by atomic mass is 10.2. The number of benzene rings is 1. The van der Waals surface area contributed by atoms with Crippen molar-refractivity contribution in [3.63, 3.8) is 0 Å². The van der Waals surface area contributed by atoms with Crippen LogP contribution in [0.1, 0.15) is 0 Å². The molecule has 2 heterocycles. The van der Waals surface area contributed by atoms with E-state index in [1.165, 1.54) is 0 Å². The highest BCUT2D eigenvalue weighted by atomic mass is 32.1. The summed E-state index contributed by atoms with van der Waals surface area (Å²) in [6.07, 6.45) is 0. The second-order valence-corrected chi connectivity index (χ2v) is 3.97. The molecule has 14 heavy (non-hydrogen) atoms. The lowest BCUT2D eigenvalue weighted by Crippen LogP contribution is -1.97. The van der Waals surface area contributed by atoms with Crippen molar-refractivity contribution in [2.24, 2.45) is 0 Å². The van der Waals surface area contributed by atoms with E-state index in [2.05, 4.69) is 0 Å². The summed E-state index contributed by atoms with van der Waals surface area (Å²) in [7, 11) is 0. The summed E-state index contributed by atoms with van der Waals surface area (Å²) in [6, 6.07) is 9.35. The summed E-state index contributed by atoms with van der Waals surface area (Å²) in [5.41, 5.74) is 0.421. The van der Waals surface area contributed by atoms with Crippen molar-refractivity contribution >= 4 is 32.4 Å². The quantitative estimate of drug-likeness (QED) is 0.561. The Balaban J connectivity index is 2.74. The molecule has 0 fully saturated rings. The van der Waals surface area contributed by atoms with Crippen molar-refractivity contribution in [2.75, 3.05) is 0 Å². The van der Waals surface area contributed by atoms with Gasteiger partial charge in [-0.25, -0.2) is 4.79 Å². The summed E-state index contributed by atoms with van der Waals surface area (Å²) in [4.78, 5) is 11.5. The lowest BCUT2D eigenvalue weighted by Gasteiger charge is -1.95. The third-order valence-corrected chi connectivity index (χ3v) is 3.15. The minimum absolute atomic E-state index is 0.258. The molecule has 0 amide bonds. The molecule has 1 aromatic carbocycles. The smallest absolute Gasteiger partial charge is 0.344 e. The molecule has 2 nitrogen and oxygen atoms in total. The van der Waals surface area contributed by atoms with Crippen LogP contribution in [0.2, 0.25) is 0 Å². The Hall–Kier alpha value is -1.61.